The van der Waals surface area contributed by atoms with Gasteiger partial charge in [-0.2, -0.15) is 5.10 Å². The SMILES string of the molecule is Cn1ncc(Br)c1-c1cc(Nc2ccc(F)cc2)ccc1OCCC1CCCN1. The van der Waals surface area contributed by atoms with Crippen molar-refractivity contribution in [2.24, 2.45) is 7.05 Å². The van der Waals surface area contributed by atoms with Gasteiger partial charge in [-0.25, -0.2) is 4.39 Å². The highest BCUT2D eigenvalue weighted by molar-refractivity contribution is 9.10. The van der Waals surface area contributed by atoms with Gasteiger partial charge in [-0.15, -0.1) is 0 Å². The summed E-state index contributed by atoms with van der Waals surface area (Å²) in [4.78, 5) is 0. The van der Waals surface area contributed by atoms with E-state index in [2.05, 4.69) is 31.7 Å². The number of rotatable bonds is 7. The number of aromatic nitrogens is 2. The maximum absolute atomic E-state index is 13.2. The van der Waals surface area contributed by atoms with E-state index in [4.69, 9.17) is 4.74 Å². The fourth-order valence-electron chi connectivity index (χ4n) is 3.65. The molecule has 1 atom stereocenters. The van der Waals surface area contributed by atoms with Crippen LogP contribution >= 0.6 is 15.9 Å². The van der Waals surface area contributed by atoms with E-state index in [-0.39, 0.29) is 5.82 Å². The molecule has 1 aliphatic heterocycles. The fraction of sp³-hybridized carbons (Fsp3) is 0.318. The number of anilines is 2. The molecule has 0 spiro atoms. The van der Waals surface area contributed by atoms with Crippen LogP contribution in [0.5, 0.6) is 5.75 Å². The Hall–Kier alpha value is -2.38. The first-order chi connectivity index (χ1) is 14.1. The summed E-state index contributed by atoms with van der Waals surface area (Å²) in [6.07, 6.45) is 5.22. The van der Waals surface area contributed by atoms with Crippen molar-refractivity contribution in [3.8, 4) is 17.0 Å². The van der Waals surface area contributed by atoms with Gasteiger partial charge in [0, 0.05) is 30.0 Å². The standard InChI is InChI=1S/C22H24BrFN4O/c1-28-22(20(23)14-26-28)19-13-18(27-17-6-4-15(24)5-7-17)8-9-21(19)29-12-10-16-3-2-11-25-16/h4-9,13-14,16,25,27H,2-3,10-12H2,1H3. The minimum atomic E-state index is -0.254. The molecule has 0 radical (unpaired) electrons. The van der Waals surface area contributed by atoms with Crippen molar-refractivity contribution in [3.05, 3.63) is 59.0 Å². The molecule has 3 aromatic rings. The molecule has 0 amide bonds. The molecule has 1 aromatic heterocycles. The minimum Gasteiger partial charge on any atom is -0.493 e. The molecule has 7 heteroatoms. The topological polar surface area (TPSA) is 51.1 Å². The van der Waals surface area contributed by atoms with Crippen LogP contribution in [-0.2, 0) is 7.05 Å². The van der Waals surface area contributed by atoms with E-state index in [1.807, 2.05) is 29.9 Å². The maximum Gasteiger partial charge on any atom is 0.128 e. The van der Waals surface area contributed by atoms with Gasteiger partial charge < -0.3 is 15.4 Å². The van der Waals surface area contributed by atoms with Crippen LogP contribution in [0.3, 0.4) is 0 Å². The van der Waals surface area contributed by atoms with Crippen LogP contribution in [0.25, 0.3) is 11.3 Å². The third kappa shape index (κ3) is 4.79. The second-order valence-corrected chi connectivity index (χ2v) is 8.09. The van der Waals surface area contributed by atoms with Gasteiger partial charge in [0.2, 0.25) is 0 Å². The fourth-order valence-corrected chi connectivity index (χ4v) is 4.21. The molecule has 2 aromatic carbocycles. The Morgan fingerprint density at radius 2 is 2.03 bits per heavy atom. The zero-order chi connectivity index (χ0) is 20.2. The smallest absolute Gasteiger partial charge is 0.128 e. The zero-order valence-electron chi connectivity index (χ0n) is 16.3. The lowest BCUT2D eigenvalue weighted by Gasteiger charge is -2.16. The van der Waals surface area contributed by atoms with Gasteiger partial charge in [0.05, 0.1) is 23.0 Å². The third-order valence-electron chi connectivity index (χ3n) is 5.15. The van der Waals surface area contributed by atoms with E-state index in [9.17, 15) is 4.39 Å². The normalized spacial score (nSPS) is 16.2. The highest BCUT2D eigenvalue weighted by Crippen LogP contribution is 2.37. The van der Waals surface area contributed by atoms with E-state index >= 15 is 0 Å². The van der Waals surface area contributed by atoms with Crippen molar-refractivity contribution in [2.75, 3.05) is 18.5 Å². The molecule has 1 saturated heterocycles. The largest absolute Gasteiger partial charge is 0.493 e. The van der Waals surface area contributed by atoms with E-state index in [1.54, 1.807) is 18.3 Å². The van der Waals surface area contributed by atoms with Crippen LogP contribution in [0.15, 0.2) is 53.1 Å². The lowest BCUT2D eigenvalue weighted by atomic mass is 10.1. The number of halogens is 2. The van der Waals surface area contributed by atoms with Gasteiger partial charge in [-0.05, 0) is 84.2 Å². The number of nitrogens with zero attached hydrogens (tertiary/aromatic N) is 2. The molecule has 152 valence electrons. The van der Waals surface area contributed by atoms with Crippen molar-refractivity contribution in [3.63, 3.8) is 0 Å². The van der Waals surface area contributed by atoms with Crippen molar-refractivity contribution in [2.45, 2.75) is 25.3 Å². The highest BCUT2D eigenvalue weighted by atomic mass is 79.9. The number of hydrogen-bond acceptors (Lipinski definition) is 4. The third-order valence-corrected chi connectivity index (χ3v) is 5.73. The van der Waals surface area contributed by atoms with Crippen LogP contribution in [-0.4, -0.2) is 29.0 Å². The quantitative estimate of drug-likeness (QED) is 0.507. The summed E-state index contributed by atoms with van der Waals surface area (Å²) >= 11 is 3.60. The first-order valence-corrected chi connectivity index (χ1v) is 10.6. The molecule has 4 rings (SSSR count). The average molecular weight is 459 g/mol. The molecule has 5 nitrogen and oxygen atoms in total. The molecule has 1 aliphatic rings. The summed E-state index contributed by atoms with van der Waals surface area (Å²) in [5, 5.41) is 11.2. The van der Waals surface area contributed by atoms with Crippen molar-refractivity contribution in [1.29, 1.82) is 0 Å². The number of aryl methyl sites for hydroxylation is 1. The van der Waals surface area contributed by atoms with E-state index < -0.39 is 0 Å². The molecular weight excluding hydrogens is 435 g/mol. The number of ether oxygens (including phenoxy) is 1. The molecule has 0 bridgehead atoms. The van der Waals surface area contributed by atoms with E-state index in [0.717, 1.165) is 45.8 Å². The van der Waals surface area contributed by atoms with Crippen LogP contribution in [0.2, 0.25) is 0 Å². The summed E-state index contributed by atoms with van der Waals surface area (Å²) in [7, 11) is 1.91. The molecule has 0 saturated carbocycles. The molecule has 0 aliphatic carbocycles. The Morgan fingerprint density at radius 3 is 2.72 bits per heavy atom. The maximum atomic E-state index is 13.2. The van der Waals surface area contributed by atoms with Crippen LogP contribution in [0.4, 0.5) is 15.8 Å². The second-order valence-electron chi connectivity index (χ2n) is 7.24. The summed E-state index contributed by atoms with van der Waals surface area (Å²) in [5.41, 5.74) is 3.61. The van der Waals surface area contributed by atoms with E-state index in [0.29, 0.717) is 12.6 Å². The lowest BCUT2D eigenvalue weighted by molar-refractivity contribution is 0.293. The first-order valence-electron chi connectivity index (χ1n) is 9.81. The Balaban J connectivity index is 1.58. The molecule has 2 N–H and O–H groups in total. The van der Waals surface area contributed by atoms with Crippen molar-refractivity contribution >= 4 is 27.3 Å². The first kappa shape index (κ1) is 19.9. The molecule has 29 heavy (non-hydrogen) atoms. The summed E-state index contributed by atoms with van der Waals surface area (Å²) < 4.78 is 22.1. The monoisotopic (exact) mass is 458 g/mol. The van der Waals surface area contributed by atoms with Crippen LogP contribution < -0.4 is 15.4 Å². The van der Waals surface area contributed by atoms with Crippen molar-refractivity contribution < 1.29 is 9.13 Å². The zero-order valence-corrected chi connectivity index (χ0v) is 17.9. The number of benzene rings is 2. The Bertz CT molecular complexity index is 948. The van der Waals surface area contributed by atoms with Gasteiger partial charge in [0.25, 0.3) is 0 Å². The highest BCUT2D eigenvalue weighted by Gasteiger charge is 2.17. The van der Waals surface area contributed by atoms with E-state index in [1.165, 1.54) is 25.0 Å². The van der Waals surface area contributed by atoms with Gasteiger partial charge in [-0.1, -0.05) is 0 Å². The number of hydrogen-bond donors (Lipinski definition) is 2. The minimum absolute atomic E-state index is 0.254. The predicted octanol–water partition coefficient (Wildman–Crippen LogP) is 5.25. The Morgan fingerprint density at radius 1 is 1.24 bits per heavy atom. The van der Waals surface area contributed by atoms with Gasteiger partial charge >= 0.3 is 0 Å². The van der Waals surface area contributed by atoms with Crippen LogP contribution in [0, 0.1) is 5.82 Å². The van der Waals surface area contributed by atoms with Crippen LogP contribution in [0.1, 0.15) is 19.3 Å². The summed E-state index contributed by atoms with van der Waals surface area (Å²) in [5.74, 6) is 0.563. The number of nitrogens with one attached hydrogen (secondary N) is 2. The van der Waals surface area contributed by atoms with Gasteiger partial charge in [0.1, 0.15) is 11.6 Å². The Kier molecular flexibility index (Phi) is 6.16. The lowest BCUT2D eigenvalue weighted by Crippen LogP contribution is -2.23. The summed E-state index contributed by atoms with van der Waals surface area (Å²) in [6.45, 7) is 1.76. The molecule has 1 unspecified atom stereocenters. The summed E-state index contributed by atoms with van der Waals surface area (Å²) in [6, 6.07) is 12.8. The van der Waals surface area contributed by atoms with Crippen molar-refractivity contribution in [1.82, 2.24) is 15.1 Å². The molecular formula is C22H24BrFN4O. The predicted molar refractivity (Wildman–Crippen MR) is 117 cm³/mol. The molecule has 2 heterocycles. The average Bonchev–Trinajstić information content (AvgIpc) is 3.34. The Labute approximate surface area is 178 Å². The van der Waals surface area contributed by atoms with Gasteiger partial charge in [0.15, 0.2) is 0 Å². The second kappa shape index (κ2) is 8.97. The molecule has 1 fully saturated rings. The van der Waals surface area contributed by atoms with Gasteiger partial charge in [-0.3, -0.25) is 4.68 Å².